The van der Waals surface area contributed by atoms with Gasteiger partial charge in [0.15, 0.2) is 0 Å². The van der Waals surface area contributed by atoms with Gasteiger partial charge in [-0.1, -0.05) is 103 Å². The van der Waals surface area contributed by atoms with E-state index in [0.29, 0.717) is 0 Å². The Morgan fingerprint density at radius 3 is 1.27 bits per heavy atom. The van der Waals surface area contributed by atoms with Gasteiger partial charge in [-0.15, -0.1) is 0 Å². The van der Waals surface area contributed by atoms with Gasteiger partial charge >= 0.3 is 0 Å². The number of para-hydroxylation sites is 5. The summed E-state index contributed by atoms with van der Waals surface area (Å²) in [6, 6.07) is 59.3. The Labute approximate surface area is 259 Å². The summed E-state index contributed by atoms with van der Waals surface area (Å²) in [5.74, 6) is 0. The van der Waals surface area contributed by atoms with Crippen LogP contribution < -0.4 is 0 Å². The summed E-state index contributed by atoms with van der Waals surface area (Å²) < 4.78 is 7.35. The fourth-order valence-corrected chi connectivity index (χ4v) is 7.64. The molecule has 0 aliphatic carbocycles. The van der Waals surface area contributed by atoms with Gasteiger partial charge in [-0.2, -0.15) is 0 Å². The first-order valence-electron chi connectivity index (χ1n) is 15.5. The normalized spacial score (nSPS) is 12.0. The van der Waals surface area contributed by atoms with Crippen molar-refractivity contribution >= 4 is 65.4 Å². The van der Waals surface area contributed by atoms with Gasteiger partial charge < -0.3 is 13.7 Å². The number of nitrogens with zero attached hydrogens (tertiary/aromatic N) is 3. The summed E-state index contributed by atoms with van der Waals surface area (Å²) >= 11 is 0. The molecule has 3 nitrogen and oxygen atoms in total. The molecule has 3 heteroatoms. The SMILES string of the molecule is c1ccc(-n2c3ccccc3c3c4c5ccc6c7ccccc7n(-c7ccccc7)c6c5n(-c5ccccc5)c4ccc32)cc1. The first-order chi connectivity index (χ1) is 22.4. The van der Waals surface area contributed by atoms with Gasteiger partial charge in [-0.05, 0) is 60.7 Å². The molecule has 0 atom stereocenters. The van der Waals surface area contributed by atoms with Crippen molar-refractivity contribution in [1.82, 2.24) is 13.7 Å². The molecule has 0 unspecified atom stereocenters. The van der Waals surface area contributed by atoms with E-state index in [1.165, 1.54) is 71.1 Å². The minimum atomic E-state index is 1.15. The molecule has 0 N–H and O–H groups in total. The van der Waals surface area contributed by atoms with Crippen LogP contribution in [0.15, 0.2) is 164 Å². The number of fused-ring (bicyclic) bond motifs is 11. The molecule has 7 aromatic carbocycles. The van der Waals surface area contributed by atoms with Gasteiger partial charge in [0.2, 0.25) is 0 Å². The molecule has 10 rings (SSSR count). The van der Waals surface area contributed by atoms with Crippen LogP contribution in [0.4, 0.5) is 0 Å². The van der Waals surface area contributed by atoms with Crippen molar-refractivity contribution in [3.05, 3.63) is 164 Å². The average molecular weight is 574 g/mol. The second-order valence-electron chi connectivity index (χ2n) is 11.8. The highest BCUT2D eigenvalue weighted by Gasteiger charge is 2.24. The predicted molar refractivity (Wildman–Crippen MR) is 189 cm³/mol. The van der Waals surface area contributed by atoms with Crippen molar-refractivity contribution in [2.24, 2.45) is 0 Å². The van der Waals surface area contributed by atoms with E-state index in [-0.39, 0.29) is 0 Å². The van der Waals surface area contributed by atoms with Crippen LogP contribution in [0.2, 0.25) is 0 Å². The van der Waals surface area contributed by atoms with Crippen molar-refractivity contribution in [3.8, 4) is 17.1 Å². The first kappa shape index (κ1) is 24.4. The molecule has 3 aromatic heterocycles. The summed E-state index contributed by atoms with van der Waals surface area (Å²) in [6.45, 7) is 0. The number of benzene rings is 7. The van der Waals surface area contributed by atoms with E-state index < -0.39 is 0 Å². The maximum atomic E-state index is 2.49. The van der Waals surface area contributed by atoms with Crippen LogP contribution in [0, 0.1) is 0 Å². The third-order valence-electron chi connectivity index (χ3n) is 9.40. The molecule has 0 spiro atoms. The van der Waals surface area contributed by atoms with E-state index in [0.717, 1.165) is 11.4 Å². The lowest BCUT2D eigenvalue weighted by atomic mass is 10.0. The number of hydrogen-bond donors (Lipinski definition) is 0. The molecule has 0 aliphatic rings. The fourth-order valence-electron chi connectivity index (χ4n) is 7.64. The predicted octanol–water partition coefficient (Wildman–Crippen LogP) is 11.0. The summed E-state index contributed by atoms with van der Waals surface area (Å²) in [4.78, 5) is 0. The third kappa shape index (κ3) is 3.30. The third-order valence-corrected chi connectivity index (χ3v) is 9.40. The van der Waals surface area contributed by atoms with Gasteiger partial charge in [-0.25, -0.2) is 0 Å². The largest absolute Gasteiger partial charge is 0.309 e. The van der Waals surface area contributed by atoms with Crippen LogP contribution in [0.1, 0.15) is 0 Å². The van der Waals surface area contributed by atoms with E-state index in [4.69, 9.17) is 0 Å². The highest BCUT2D eigenvalue weighted by atomic mass is 15.0. The quantitative estimate of drug-likeness (QED) is 0.200. The highest BCUT2D eigenvalue weighted by molar-refractivity contribution is 6.32. The van der Waals surface area contributed by atoms with Crippen LogP contribution >= 0.6 is 0 Å². The number of aromatic nitrogens is 3. The van der Waals surface area contributed by atoms with Crippen molar-refractivity contribution < 1.29 is 0 Å². The van der Waals surface area contributed by atoms with Gasteiger partial charge in [0, 0.05) is 49.4 Å². The van der Waals surface area contributed by atoms with E-state index in [1.807, 2.05) is 0 Å². The minimum absolute atomic E-state index is 1.15. The maximum absolute atomic E-state index is 2.49. The molecule has 0 saturated heterocycles. The first-order valence-corrected chi connectivity index (χ1v) is 15.5. The molecule has 10 aromatic rings. The summed E-state index contributed by atoms with van der Waals surface area (Å²) in [6.07, 6.45) is 0. The number of rotatable bonds is 3. The summed E-state index contributed by atoms with van der Waals surface area (Å²) in [5.41, 5.74) is 10.8. The summed E-state index contributed by atoms with van der Waals surface area (Å²) in [5, 5.41) is 7.59. The van der Waals surface area contributed by atoms with E-state index in [1.54, 1.807) is 0 Å². The zero-order valence-corrected chi connectivity index (χ0v) is 24.4. The van der Waals surface area contributed by atoms with Gasteiger partial charge in [-0.3, -0.25) is 0 Å². The molecule has 210 valence electrons. The van der Waals surface area contributed by atoms with Crippen LogP contribution in [0.25, 0.3) is 82.5 Å². The van der Waals surface area contributed by atoms with Crippen LogP contribution in [0.3, 0.4) is 0 Å². The van der Waals surface area contributed by atoms with E-state index >= 15 is 0 Å². The number of hydrogen-bond acceptors (Lipinski definition) is 0. The van der Waals surface area contributed by atoms with Crippen molar-refractivity contribution in [3.63, 3.8) is 0 Å². The Balaban J connectivity index is 1.49. The van der Waals surface area contributed by atoms with E-state index in [2.05, 4.69) is 177 Å². The Bertz CT molecular complexity index is 2730. The lowest BCUT2D eigenvalue weighted by molar-refractivity contribution is 1.15. The van der Waals surface area contributed by atoms with Crippen LogP contribution in [-0.4, -0.2) is 13.7 Å². The Hall–Kier alpha value is -6.06. The molecule has 45 heavy (non-hydrogen) atoms. The lowest BCUT2D eigenvalue weighted by Crippen LogP contribution is -1.98. The standard InChI is InChI=1S/C42H27N3/c1-4-14-28(15-5-1)43-36-23-13-11-21-33(36)39-37(43)26-27-38-40(39)34-25-24-32-31-20-10-12-22-35(31)44(29-16-6-2-7-17-29)41(32)42(34)45(38)30-18-8-3-9-19-30/h1-27H. The van der Waals surface area contributed by atoms with Gasteiger partial charge in [0.25, 0.3) is 0 Å². The minimum Gasteiger partial charge on any atom is -0.309 e. The van der Waals surface area contributed by atoms with E-state index in [9.17, 15) is 0 Å². The smallest absolute Gasteiger partial charge is 0.0789 e. The Morgan fingerprint density at radius 1 is 0.244 bits per heavy atom. The highest BCUT2D eigenvalue weighted by Crippen LogP contribution is 2.46. The van der Waals surface area contributed by atoms with Crippen LogP contribution in [-0.2, 0) is 0 Å². The lowest BCUT2D eigenvalue weighted by Gasteiger charge is -2.12. The molecule has 0 bridgehead atoms. The second-order valence-corrected chi connectivity index (χ2v) is 11.8. The van der Waals surface area contributed by atoms with Crippen LogP contribution in [0.5, 0.6) is 0 Å². The molecule has 0 amide bonds. The molecular weight excluding hydrogens is 546 g/mol. The van der Waals surface area contributed by atoms with Crippen molar-refractivity contribution in [1.29, 1.82) is 0 Å². The van der Waals surface area contributed by atoms with Crippen molar-refractivity contribution in [2.45, 2.75) is 0 Å². The molecular formula is C42H27N3. The summed E-state index contributed by atoms with van der Waals surface area (Å²) in [7, 11) is 0. The Morgan fingerprint density at radius 2 is 0.644 bits per heavy atom. The molecule has 3 heterocycles. The molecule has 0 fully saturated rings. The molecule has 0 saturated carbocycles. The zero-order chi connectivity index (χ0) is 29.5. The topological polar surface area (TPSA) is 14.8 Å². The molecule has 0 aliphatic heterocycles. The Kier molecular flexibility index (Phi) is 5.00. The van der Waals surface area contributed by atoms with Crippen molar-refractivity contribution in [2.75, 3.05) is 0 Å². The zero-order valence-electron chi connectivity index (χ0n) is 24.4. The van der Waals surface area contributed by atoms with Gasteiger partial charge in [0.1, 0.15) is 0 Å². The molecule has 0 radical (unpaired) electrons. The maximum Gasteiger partial charge on any atom is 0.0789 e. The fraction of sp³-hybridized carbons (Fsp3) is 0. The second kappa shape index (κ2) is 9.22. The monoisotopic (exact) mass is 573 g/mol. The van der Waals surface area contributed by atoms with Gasteiger partial charge in [0.05, 0.1) is 33.1 Å². The average Bonchev–Trinajstić information content (AvgIpc) is 3.75.